The van der Waals surface area contributed by atoms with Crippen LogP contribution < -0.4 is 0 Å². The molecule has 1 aliphatic heterocycles. The Kier molecular flexibility index (Phi) is 4.87. The van der Waals surface area contributed by atoms with E-state index in [1.165, 1.54) is 5.57 Å². The highest BCUT2D eigenvalue weighted by atomic mass is 16.6. The van der Waals surface area contributed by atoms with Crippen molar-refractivity contribution in [1.29, 1.82) is 0 Å². The highest BCUT2D eigenvalue weighted by Crippen LogP contribution is 2.28. The van der Waals surface area contributed by atoms with E-state index in [-0.39, 0.29) is 10.6 Å². The molecule has 0 aromatic heterocycles. The van der Waals surface area contributed by atoms with Crippen molar-refractivity contribution in [1.82, 2.24) is 4.90 Å². The van der Waals surface area contributed by atoms with Crippen LogP contribution in [-0.2, 0) is 4.74 Å². The van der Waals surface area contributed by atoms with E-state index in [0.29, 0.717) is 26.2 Å². The Balaban J connectivity index is 2.34. The van der Waals surface area contributed by atoms with Crippen LogP contribution in [0.4, 0.5) is 0 Å². The van der Waals surface area contributed by atoms with Crippen molar-refractivity contribution in [2.75, 3.05) is 33.9 Å². The zero-order valence-corrected chi connectivity index (χ0v) is 12.0. The molecule has 1 aliphatic carbocycles. The largest absolute Gasteiger partial charge is 0.377 e. The Morgan fingerprint density at radius 1 is 1.35 bits per heavy atom. The molecule has 108 valence electrons. The van der Waals surface area contributed by atoms with Gasteiger partial charge in [0, 0.05) is 12.6 Å². The van der Waals surface area contributed by atoms with E-state index in [9.17, 15) is 10.1 Å². The molecule has 0 aromatic carbocycles. The number of ether oxygens (including phenoxy) is 1. The van der Waals surface area contributed by atoms with Crippen molar-refractivity contribution in [2.24, 2.45) is 0 Å². The second-order valence-corrected chi connectivity index (χ2v) is 5.20. The minimum absolute atomic E-state index is 0.181. The molecule has 0 N–H and O–H groups in total. The minimum Gasteiger partial charge on any atom is -0.377 e. The molecule has 0 saturated carbocycles. The molecule has 0 radical (unpaired) electrons. The van der Waals surface area contributed by atoms with Gasteiger partial charge >= 0.3 is 0 Å². The Morgan fingerprint density at radius 3 is 2.75 bits per heavy atom. The molecule has 1 heterocycles. The average Bonchev–Trinajstić information content (AvgIpc) is 2.62. The van der Waals surface area contributed by atoms with Gasteiger partial charge in [0.15, 0.2) is 0 Å². The van der Waals surface area contributed by atoms with Gasteiger partial charge in [-0.3, -0.25) is 10.1 Å². The van der Waals surface area contributed by atoms with Crippen LogP contribution in [0.5, 0.6) is 0 Å². The first-order valence-corrected chi connectivity index (χ1v) is 6.75. The van der Waals surface area contributed by atoms with Crippen LogP contribution in [0.25, 0.3) is 0 Å². The molecule has 5 heteroatoms. The molecule has 2 aliphatic rings. The van der Waals surface area contributed by atoms with Gasteiger partial charge in [-0.25, -0.2) is 0 Å². The molecule has 0 bridgehead atoms. The molecule has 0 spiro atoms. The number of rotatable bonds is 4. The Hall–Kier alpha value is -1.72. The van der Waals surface area contributed by atoms with Gasteiger partial charge in [-0.2, -0.15) is 0 Å². The molecule has 0 saturated heterocycles. The molecular formula is C15H20N2O3. The molecule has 0 amide bonds. The summed E-state index contributed by atoms with van der Waals surface area (Å²) in [4.78, 5) is 12.8. The standard InChI is InChI=1S/C15H20N2O3/c1-16(2)11-13-10-14(17(18)19)4-3-5-15(13)12-6-8-20-9-7-12/h4-6,10H,3,7-9,11H2,1-2H3. The fourth-order valence-corrected chi connectivity index (χ4v) is 2.45. The van der Waals surface area contributed by atoms with Gasteiger partial charge in [0.1, 0.15) is 0 Å². The normalized spacial score (nSPS) is 19.8. The van der Waals surface area contributed by atoms with Crippen LogP contribution in [0.3, 0.4) is 0 Å². The van der Waals surface area contributed by atoms with E-state index in [1.807, 2.05) is 19.0 Å². The number of nitrogens with zero attached hydrogens (tertiary/aromatic N) is 2. The third kappa shape index (κ3) is 3.65. The van der Waals surface area contributed by atoms with Gasteiger partial charge in [0.25, 0.3) is 5.70 Å². The quantitative estimate of drug-likeness (QED) is 0.584. The van der Waals surface area contributed by atoms with Gasteiger partial charge in [0.05, 0.1) is 18.1 Å². The lowest BCUT2D eigenvalue weighted by Crippen LogP contribution is -2.18. The van der Waals surface area contributed by atoms with E-state index in [2.05, 4.69) is 12.2 Å². The summed E-state index contributed by atoms with van der Waals surface area (Å²) in [5.41, 5.74) is 3.56. The zero-order chi connectivity index (χ0) is 14.5. The fourth-order valence-electron chi connectivity index (χ4n) is 2.45. The van der Waals surface area contributed by atoms with Gasteiger partial charge < -0.3 is 9.64 Å². The Bertz CT molecular complexity index is 513. The molecule has 0 fully saturated rings. The summed E-state index contributed by atoms with van der Waals surface area (Å²) in [5, 5.41) is 11.0. The van der Waals surface area contributed by atoms with Crippen LogP contribution in [0.2, 0.25) is 0 Å². The number of likely N-dealkylation sites (N-methyl/N-ethyl adjacent to an activating group) is 1. The van der Waals surface area contributed by atoms with E-state index in [1.54, 1.807) is 12.2 Å². The number of hydrogen-bond donors (Lipinski definition) is 0. The van der Waals surface area contributed by atoms with E-state index in [0.717, 1.165) is 17.6 Å². The van der Waals surface area contributed by atoms with Gasteiger partial charge in [-0.15, -0.1) is 0 Å². The fraction of sp³-hybridized carbons (Fsp3) is 0.467. The predicted molar refractivity (Wildman–Crippen MR) is 77.9 cm³/mol. The summed E-state index contributed by atoms with van der Waals surface area (Å²) < 4.78 is 5.34. The SMILES string of the molecule is CN(C)CC1=CC([N+](=O)[O-])=CCC=C1C1=CCOCC1. The maximum atomic E-state index is 11.0. The maximum Gasteiger partial charge on any atom is 0.266 e. The van der Waals surface area contributed by atoms with Crippen LogP contribution >= 0.6 is 0 Å². The average molecular weight is 276 g/mol. The van der Waals surface area contributed by atoms with E-state index in [4.69, 9.17) is 4.74 Å². The second kappa shape index (κ2) is 6.63. The summed E-state index contributed by atoms with van der Waals surface area (Å²) in [5.74, 6) is 0. The number of allylic oxidation sites excluding steroid dienone is 3. The monoisotopic (exact) mass is 276 g/mol. The van der Waals surface area contributed by atoms with Gasteiger partial charge in [0.2, 0.25) is 0 Å². The molecular weight excluding hydrogens is 256 g/mol. The maximum absolute atomic E-state index is 11.0. The van der Waals surface area contributed by atoms with E-state index < -0.39 is 0 Å². The lowest BCUT2D eigenvalue weighted by molar-refractivity contribution is -0.419. The van der Waals surface area contributed by atoms with E-state index >= 15 is 0 Å². The second-order valence-electron chi connectivity index (χ2n) is 5.20. The highest BCUT2D eigenvalue weighted by molar-refractivity contribution is 5.51. The number of nitro groups is 1. The molecule has 20 heavy (non-hydrogen) atoms. The third-order valence-electron chi connectivity index (χ3n) is 3.32. The lowest BCUT2D eigenvalue weighted by atomic mass is 9.93. The molecule has 0 unspecified atom stereocenters. The summed E-state index contributed by atoms with van der Waals surface area (Å²) in [7, 11) is 3.94. The minimum atomic E-state index is -0.315. The zero-order valence-electron chi connectivity index (χ0n) is 12.0. The Labute approximate surface area is 119 Å². The van der Waals surface area contributed by atoms with Crippen molar-refractivity contribution in [3.05, 3.63) is 56.8 Å². The summed E-state index contributed by atoms with van der Waals surface area (Å²) in [6.45, 7) is 2.03. The first-order valence-electron chi connectivity index (χ1n) is 6.75. The molecule has 0 atom stereocenters. The van der Waals surface area contributed by atoms with Crippen molar-refractivity contribution in [3.63, 3.8) is 0 Å². The molecule has 2 rings (SSSR count). The predicted octanol–water partition coefficient (Wildman–Crippen LogP) is 2.31. The van der Waals surface area contributed by atoms with Gasteiger partial charge in [-0.1, -0.05) is 12.2 Å². The highest BCUT2D eigenvalue weighted by Gasteiger charge is 2.19. The van der Waals surface area contributed by atoms with Crippen LogP contribution in [0.15, 0.2) is 46.7 Å². The molecule has 0 aromatic rings. The van der Waals surface area contributed by atoms with Crippen molar-refractivity contribution >= 4 is 0 Å². The van der Waals surface area contributed by atoms with Crippen LogP contribution in [-0.4, -0.2) is 43.7 Å². The van der Waals surface area contributed by atoms with Crippen molar-refractivity contribution in [2.45, 2.75) is 12.8 Å². The van der Waals surface area contributed by atoms with Crippen LogP contribution in [0, 0.1) is 10.1 Å². The third-order valence-corrected chi connectivity index (χ3v) is 3.32. The van der Waals surface area contributed by atoms with Crippen molar-refractivity contribution < 1.29 is 9.66 Å². The van der Waals surface area contributed by atoms with Crippen LogP contribution in [0.1, 0.15) is 12.8 Å². The topological polar surface area (TPSA) is 55.6 Å². The Morgan fingerprint density at radius 2 is 2.15 bits per heavy atom. The van der Waals surface area contributed by atoms with Gasteiger partial charge in [-0.05, 0) is 49.7 Å². The smallest absolute Gasteiger partial charge is 0.266 e. The first kappa shape index (κ1) is 14.7. The lowest BCUT2D eigenvalue weighted by Gasteiger charge is -2.21. The summed E-state index contributed by atoms with van der Waals surface area (Å²) in [6.07, 6.45) is 9.00. The van der Waals surface area contributed by atoms with Crippen molar-refractivity contribution in [3.8, 4) is 0 Å². The number of hydrogen-bond acceptors (Lipinski definition) is 4. The first-order chi connectivity index (χ1) is 9.58. The molecule has 5 nitrogen and oxygen atoms in total. The summed E-state index contributed by atoms with van der Waals surface area (Å²) in [6, 6.07) is 0. The summed E-state index contributed by atoms with van der Waals surface area (Å²) >= 11 is 0.